The molecule has 0 unspecified atom stereocenters. The summed E-state index contributed by atoms with van der Waals surface area (Å²) in [6.45, 7) is 5.39. The first-order chi connectivity index (χ1) is 9.99. The summed E-state index contributed by atoms with van der Waals surface area (Å²) in [4.78, 5) is 0. The van der Waals surface area contributed by atoms with Crippen molar-refractivity contribution in [2.45, 2.75) is 32.9 Å². The van der Waals surface area contributed by atoms with Crippen molar-refractivity contribution in [3.63, 3.8) is 0 Å². The molecule has 1 N–H and O–H groups in total. The van der Waals surface area contributed by atoms with Gasteiger partial charge in [-0.15, -0.1) is 0 Å². The minimum Gasteiger partial charge on any atom is -0.344 e. The second-order valence-corrected chi connectivity index (χ2v) is 5.72. The summed E-state index contributed by atoms with van der Waals surface area (Å²) in [6, 6.07) is 11.7. The first-order valence-corrected chi connectivity index (χ1v) is 7.27. The van der Waals surface area contributed by atoms with Crippen LogP contribution >= 0.6 is 0 Å². The van der Waals surface area contributed by atoms with Gasteiger partial charge in [-0.3, -0.25) is 0 Å². The fraction of sp³-hybridized carbons (Fsp3) is 0.412. The highest BCUT2D eigenvalue weighted by atomic mass is 19.3. The Morgan fingerprint density at radius 3 is 2.48 bits per heavy atom. The van der Waals surface area contributed by atoms with Gasteiger partial charge in [0.2, 0.25) is 0 Å². The van der Waals surface area contributed by atoms with E-state index in [-0.39, 0.29) is 12.1 Å². The average Bonchev–Trinajstić information content (AvgIpc) is 2.86. The standard InChI is InChI=1S/C17H22F2N2/c1-14(2)11-20-12-16-9-6-10-21(16)13-17(18,19)15-7-4-3-5-8-15/h3-10,14,20H,11-13H2,1-2H3. The first kappa shape index (κ1) is 15.7. The average molecular weight is 292 g/mol. The smallest absolute Gasteiger partial charge is 0.290 e. The van der Waals surface area contributed by atoms with Gasteiger partial charge in [0.15, 0.2) is 0 Å². The monoisotopic (exact) mass is 292 g/mol. The SMILES string of the molecule is CC(C)CNCc1cccn1CC(F)(F)c1ccccc1. The van der Waals surface area contributed by atoms with E-state index in [4.69, 9.17) is 0 Å². The largest absolute Gasteiger partial charge is 0.344 e. The van der Waals surface area contributed by atoms with Gasteiger partial charge in [-0.25, -0.2) is 0 Å². The van der Waals surface area contributed by atoms with E-state index >= 15 is 0 Å². The Morgan fingerprint density at radius 1 is 1.10 bits per heavy atom. The Bertz CT molecular complexity index is 547. The van der Waals surface area contributed by atoms with Crippen molar-refractivity contribution in [1.29, 1.82) is 0 Å². The van der Waals surface area contributed by atoms with Crippen LogP contribution in [0.3, 0.4) is 0 Å². The fourth-order valence-electron chi connectivity index (χ4n) is 2.24. The Labute approximate surface area is 124 Å². The van der Waals surface area contributed by atoms with Crippen LogP contribution in [0, 0.1) is 5.92 Å². The minimum atomic E-state index is -2.87. The van der Waals surface area contributed by atoms with E-state index in [2.05, 4.69) is 19.2 Å². The Kier molecular flexibility index (Phi) is 5.12. The molecular formula is C17H22F2N2. The van der Waals surface area contributed by atoms with Gasteiger partial charge in [-0.05, 0) is 24.6 Å². The van der Waals surface area contributed by atoms with Gasteiger partial charge >= 0.3 is 0 Å². The van der Waals surface area contributed by atoms with Gasteiger partial charge in [-0.2, -0.15) is 8.78 Å². The molecule has 114 valence electrons. The summed E-state index contributed by atoms with van der Waals surface area (Å²) in [5.41, 5.74) is 0.936. The van der Waals surface area contributed by atoms with E-state index in [1.165, 1.54) is 12.1 Å². The molecule has 2 rings (SSSR count). The molecule has 2 aromatic rings. The van der Waals surface area contributed by atoms with Crippen LogP contribution in [0.4, 0.5) is 8.78 Å². The van der Waals surface area contributed by atoms with Crippen LogP contribution in [0.15, 0.2) is 48.7 Å². The maximum atomic E-state index is 14.3. The minimum absolute atomic E-state index is 0.0554. The fourth-order valence-corrected chi connectivity index (χ4v) is 2.24. The molecule has 1 aromatic heterocycles. The van der Waals surface area contributed by atoms with E-state index in [0.717, 1.165) is 12.2 Å². The molecule has 2 nitrogen and oxygen atoms in total. The summed E-state index contributed by atoms with van der Waals surface area (Å²) in [7, 11) is 0. The molecule has 0 aliphatic heterocycles. The zero-order chi connectivity index (χ0) is 15.3. The van der Waals surface area contributed by atoms with E-state index in [9.17, 15) is 8.78 Å². The second-order valence-electron chi connectivity index (χ2n) is 5.72. The van der Waals surface area contributed by atoms with Crippen molar-refractivity contribution in [3.05, 3.63) is 59.9 Å². The molecule has 4 heteroatoms. The number of nitrogens with one attached hydrogen (secondary N) is 1. The topological polar surface area (TPSA) is 17.0 Å². The Morgan fingerprint density at radius 2 is 1.81 bits per heavy atom. The maximum Gasteiger partial charge on any atom is 0.290 e. The molecule has 0 amide bonds. The maximum absolute atomic E-state index is 14.3. The van der Waals surface area contributed by atoms with Crippen molar-refractivity contribution in [3.8, 4) is 0 Å². The van der Waals surface area contributed by atoms with Crippen molar-refractivity contribution < 1.29 is 8.78 Å². The predicted molar refractivity (Wildman–Crippen MR) is 81.3 cm³/mol. The number of nitrogens with zero attached hydrogens (tertiary/aromatic N) is 1. The predicted octanol–water partition coefficient (Wildman–Crippen LogP) is 4.03. The molecule has 1 aromatic carbocycles. The third kappa shape index (κ3) is 4.39. The van der Waals surface area contributed by atoms with Crippen LogP contribution in [0.25, 0.3) is 0 Å². The zero-order valence-corrected chi connectivity index (χ0v) is 12.5. The number of hydrogen-bond donors (Lipinski definition) is 1. The molecule has 0 saturated heterocycles. The van der Waals surface area contributed by atoms with Crippen LogP contribution in [-0.2, 0) is 19.0 Å². The lowest BCUT2D eigenvalue weighted by molar-refractivity contribution is -0.0228. The van der Waals surface area contributed by atoms with E-state index < -0.39 is 5.92 Å². The van der Waals surface area contributed by atoms with Crippen molar-refractivity contribution in [1.82, 2.24) is 9.88 Å². The van der Waals surface area contributed by atoms with Crippen molar-refractivity contribution >= 4 is 0 Å². The van der Waals surface area contributed by atoms with Gasteiger partial charge in [0.05, 0.1) is 6.54 Å². The highest BCUT2D eigenvalue weighted by Gasteiger charge is 2.32. The van der Waals surface area contributed by atoms with Crippen molar-refractivity contribution in [2.24, 2.45) is 5.92 Å². The molecule has 0 aliphatic rings. The Hall–Kier alpha value is -1.68. The molecule has 0 atom stereocenters. The summed E-state index contributed by atoms with van der Waals surface area (Å²) in [5.74, 6) is -2.33. The van der Waals surface area contributed by atoms with E-state index in [0.29, 0.717) is 12.5 Å². The number of halogens is 2. The summed E-state index contributed by atoms with van der Waals surface area (Å²) >= 11 is 0. The summed E-state index contributed by atoms with van der Waals surface area (Å²) in [6.07, 6.45) is 1.71. The van der Waals surface area contributed by atoms with Gasteiger partial charge in [0.1, 0.15) is 0 Å². The van der Waals surface area contributed by atoms with E-state index in [1.54, 1.807) is 29.0 Å². The summed E-state index contributed by atoms with van der Waals surface area (Å²) in [5, 5.41) is 3.29. The number of rotatable bonds is 7. The van der Waals surface area contributed by atoms with Crippen LogP contribution in [0.5, 0.6) is 0 Å². The lowest BCUT2D eigenvalue weighted by Gasteiger charge is -2.19. The number of hydrogen-bond acceptors (Lipinski definition) is 1. The molecule has 0 saturated carbocycles. The number of benzene rings is 1. The zero-order valence-electron chi connectivity index (χ0n) is 12.5. The first-order valence-electron chi connectivity index (χ1n) is 7.27. The van der Waals surface area contributed by atoms with Gasteiger partial charge in [-0.1, -0.05) is 44.2 Å². The van der Waals surface area contributed by atoms with Gasteiger partial charge in [0, 0.05) is 24.0 Å². The lowest BCUT2D eigenvalue weighted by atomic mass is 10.1. The molecule has 0 spiro atoms. The third-order valence-electron chi connectivity index (χ3n) is 3.35. The van der Waals surface area contributed by atoms with Gasteiger partial charge in [0.25, 0.3) is 5.92 Å². The molecule has 1 heterocycles. The van der Waals surface area contributed by atoms with Gasteiger partial charge < -0.3 is 9.88 Å². The summed E-state index contributed by atoms with van der Waals surface area (Å²) < 4.78 is 30.2. The second kappa shape index (κ2) is 6.85. The lowest BCUT2D eigenvalue weighted by Crippen LogP contribution is -2.25. The quantitative estimate of drug-likeness (QED) is 0.815. The third-order valence-corrected chi connectivity index (χ3v) is 3.35. The highest BCUT2D eigenvalue weighted by Crippen LogP contribution is 2.30. The Balaban J connectivity index is 2.04. The van der Waals surface area contributed by atoms with Crippen LogP contribution in [-0.4, -0.2) is 11.1 Å². The molecular weight excluding hydrogens is 270 g/mol. The normalized spacial score (nSPS) is 12.0. The molecule has 0 radical (unpaired) electrons. The van der Waals surface area contributed by atoms with Crippen LogP contribution in [0.1, 0.15) is 25.1 Å². The number of alkyl halides is 2. The van der Waals surface area contributed by atoms with Crippen LogP contribution < -0.4 is 5.32 Å². The van der Waals surface area contributed by atoms with E-state index in [1.807, 2.05) is 12.1 Å². The highest BCUT2D eigenvalue weighted by molar-refractivity contribution is 5.20. The molecule has 0 aliphatic carbocycles. The van der Waals surface area contributed by atoms with Crippen LogP contribution in [0.2, 0.25) is 0 Å². The number of aromatic nitrogens is 1. The molecule has 0 fully saturated rings. The van der Waals surface area contributed by atoms with Crippen molar-refractivity contribution in [2.75, 3.05) is 6.54 Å². The molecule has 21 heavy (non-hydrogen) atoms. The molecule has 0 bridgehead atoms.